The van der Waals surface area contributed by atoms with Gasteiger partial charge >= 0.3 is 0 Å². The molecule has 0 atom stereocenters. The Balaban J connectivity index is 2.38. The Morgan fingerprint density at radius 1 is 1.33 bits per heavy atom. The van der Waals surface area contributed by atoms with Crippen LogP contribution in [0.25, 0.3) is 16.7 Å². The van der Waals surface area contributed by atoms with Crippen molar-refractivity contribution in [1.29, 1.82) is 5.26 Å². The molecule has 0 aliphatic heterocycles. The number of hydrogen-bond acceptors (Lipinski definition) is 4. The van der Waals surface area contributed by atoms with E-state index in [1.165, 1.54) is 12.1 Å². The maximum atomic E-state index is 13.8. The maximum absolute atomic E-state index is 13.8. The van der Waals surface area contributed by atoms with Gasteiger partial charge in [0.2, 0.25) is 5.95 Å². The maximum Gasteiger partial charge on any atom is 0.205 e. The summed E-state index contributed by atoms with van der Waals surface area (Å²) in [5, 5.41) is 9.17. The number of nitrogens with zero attached hydrogens (tertiary/aromatic N) is 3. The van der Waals surface area contributed by atoms with Gasteiger partial charge < -0.3 is 10.5 Å². The van der Waals surface area contributed by atoms with Gasteiger partial charge in [-0.2, -0.15) is 5.26 Å². The topological polar surface area (TPSA) is 76.9 Å². The molecule has 0 fully saturated rings. The lowest BCUT2D eigenvalue weighted by Gasteiger charge is -2.09. The summed E-state index contributed by atoms with van der Waals surface area (Å²) in [5.41, 5.74) is 7.49. The number of aromatic nitrogens is 2. The van der Waals surface area contributed by atoms with Gasteiger partial charge in [-0.25, -0.2) is 9.37 Å². The molecular formula is C15H11FN4O. The minimum Gasteiger partial charge on any atom is -0.497 e. The van der Waals surface area contributed by atoms with E-state index < -0.39 is 5.82 Å². The Bertz CT molecular complexity index is 879. The molecule has 1 aromatic heterocycles. The second kappa shape index (κ2) is 4.80. The molecule has 0 saturated carbocycles. The summed E-state index contributed by atoms with van der Waals surface area (Å²) >= 11 is 0. The summed E-state index contributed by atoms with van der Waals surface area (Å²) in [6, 6.07) is 11.5. The van der Waals surface area contributed by atoms with Gasteiger partial charge in [0.15, 0.2) is 0 Å². The number of anilines is 1. The minimum absolute atomic E-state index is 0.0775. The predicted octanol–water partition coefficient (Wildman–Crippen LogP) is 2.63. The first kappa shape index (κ1) is 12.9. The van der Waals surface area contributed by atoms with Crippen molar-refractivity contribution in [3.8, 4) is 17.5 Å². The van der Waals surface area contributed by atoms with E-state index in [4.69, 9.17) is 10.5 Å². The molecule has 0 radical (unpaired) electrons. The van der Waals surface area contributed by atoms with Gasteiger partial charge in [-0.1, -0.05) is 6.07 Å². The number of fused-ring (bicyclic) bond motifs is 1. The van der Waals surface area contributed by atoms with Gasteiger partial charge in [0.25, 0.3) is 0 Å². The molecule has 1 heterocycles. The molecular weight excluding hydrogens is 271 g/mol. The summed E-state index contributed by atoms with van der Waals surface area (Å²) < 4.78 is 20.5. The first-order valence-corrected chi connectivity index (χ1v) is 6.16. The van der Waals surface area contributed by atoms with Crippen LogP contribution in [-0.4, -0.2) is 16.7 Å². The molecule has 3 aromatic rings. The molecule has 104 valence electrons. The number of nitriles is 1. The van der Waals surface area contributed by atoms with Crippen LogP contribution in [0.3, 0.4) is 0 Å². The Kier molecular flexibility index (Phi) is 2.95. The fraction of sp³-hybridized carbons (Fsp3) is 0.0667. The van der Waals surface area contributed by atoms with E-state index in [0.29, 0.717) is 22.5 Å². The zero-order valence-electron chi connectivity index (χ0n) is 11.2. The molecule has 0 aliphatic rings. The average Bonchev–Trinajstić information content (AvgIpc) is 2.81. The van der Waals surface area contributed by atoms with Crippen LogP contribution in [0.1, 0.15) is 5.56 Å². The number of imidazole rings is 1. The van der Waals surface area contributed by atoms with Crippen LogP contribution in [0, 0.1) is 17.1 Å². The van der Waals surface area contributed by atoms with Crippen LogP contribution in [0.5, 0.6) is 5.75 Å². The van der Waals surface area contributed by atoms with Crippen molar-refractivity contribution in [3.63, 3.8) is 0 Å². The van der Waals surface area contributed by atoms with E-state index in [0.717, 1.165) is 0 Å². The molecule has 0 unspecified atom stereocenters. The normalized spacial score (nSPS) is 10.5. The third kappa shape index (κ3) is 1.96. The lowest BCUT2D eigenvalue weighted by molar-refractivity contribution is 0.415. The number of hydrogen-bond donors (Lipinski definition) is 1. The number of rotatable bonds is 2. The van der Waals surface area contributed by atoms with Crippen LogP contribution < -0.4 is 10.5 Å². The van der Waals surface area contributed by atoms with Gasteiger partial charge in [-0.05, 0) is 24.3 Å². The monoisotopic (exact) mass is 282 g/mol. The van der Waals surface area contributed by atoms with Crippen molar-refractivity contribution >= 4 is 17.0 Å². The quantitative estimate of drug-likeness (QED) is 0.783. The Labute approximate surface area is 120 Å². The van der Waals surface area contributed by atoms with Gasteiger partial charge in [0, 0.05) is 6.07 Å². The Morgan fingerprint density at radius 2 is 2.14 bits per heavy atom. The summed E-state index contributed by atoms with van der Waals surface area (Å²) in [4.78, 5) is 4.22. The van der Waals surface area contributed by atoms with Gasteiger partial charge in [-0.15, -0.1) is 0 Å². The summed E-state index contributed by atoms with van der Waals surface area (Å²) in [6.45, 7) is 0. The van der Waals surface area contributed by atoms with Gasteiger partial charge in [-0.3, -0.25) is 4.57 Å². The van der Waals surface area contributed by atoms with Gasteiger partial charge in [0.05, 0.1) is 23.8 Å². The van der Waals surface area contributed by atoms with E-state index >= 15 is 0 Å². The van der Waals surface area contributed by atoms with Crippen molar-refractivity contribution < 1.29 is 9.13 Å². The van der Waals surface area contributed by atoms with E-state index in [1.807, 2.05) is 6.07 Å². The number of nitrogens with two attached hydrogens (primary N) is 1. The average molecular weight is 282 g/mol. The van der Waals surface area contributed by atoms with Crippen LogP contribution in [0.4, 0.5) is 10.3 Å². The highest BCUT2D eigenvalue weighted by molar-refractivity contribution is 5.83. The van der Waals surface area contributed by atoms with Crippen LogP contribution in [-0.2, 0) is 0 Å². The molecule has 6 heteroatoms. The summed E-state index contributed by atoms with van der Waals surface area (Å²) in [7, 11) is 1.55. The SMILES string of the molecule is COc1ccc2nc(N)n(-c3cccc(F)c3C#N)c2c1. The number of halogens is 1. The van der Waals surface area contributed by atoms with Crippen LogP contribution in [0.15, 0.2) is 36.4 Å². The molecule has 3 rings (SSSR count). The summed E-state index contributed by atoms with van der Waals surface area (Å²) in [5.74, 6) is 0.207. The molecule has 0 saturated heterocycles. The van der Waals surface area contributed by atoms with Crippen molar-refractivity contribution in [2.45, 2.75) is 0 Å². The van der Waals surface area contributed by atoms with Crippen LogP contribution in [0.2, 0.25) is 0 Å². The smallest absolute Gasteiger partial charge is 0.205 e. The molecule has 2 N–H and O–H groups in total. The van der Waals surface area contributed by atoms with Crippen molar-refractivity contribution in [2.24, 2.45) is 0 Å². The lowest BCUT2D eigenvalue weighted by Crippen LogP contribution is -2.04. The first-order valence-electron chi connectivity index (χ1n) is 6.16. The molecule has 5 nitrogen and oxygen atoms in total. The third-order valence-electron chi connectivity index (χ3n) is 3.23. The predicted molar refractivity (Wildman–Crippen MR) is 76.7 cm³/mol. The van der Waals surface area contributed by atoms with E-state index in [2.05, 4.69) is 4.98 Å². The molecule has 2 aromatic carbocycles. The number of ether oxygens (including phenoxy) is 1. The first-order chi connectivity index (χ1) is 10.2. The zero-order valence-corrected chi connectivity index (χ0v) is 11.2. The molecule has 0 spiro atoms. The standard InChI is InChI=1S/C15H11FN4O/c1-21-9-5-6-12-14(7-9)20(15(18)19-12)13-4-2-3-11(16)10(13)8-17/h2-7H,1H3,(H2,18,19). The van der Waals surface area contributed by atoms with Crippen LogP contribution >= 0.6 is 0 Å². The largest absolute Gasteiger partial charge is 0.497 e. The number of benzene rings is 2. The van der Waals surface area contributed by atoms with E-state index in [9.17, 15) is 9.65 Å². The second-order valence-electron chi connectivity index (χ2n) is 4.41. The van der Waals surface area contributed by atoms with Gasteiger partial charge in [0.1, 0.15) is 23.2 Å². The lowest BCUT2D eigenvalue weighted by atomic mass is 10.1. The Hall–Kier alpha value is -3.07. The van der Waals surface area contributed by atoms with E-state index in [-0.39, 0.29) is 11.5 Å². The van der Waals surface area contributed by atoms with Crippen molar-refractivity contribution in [1.82, 2.24) is 9.55 Å². The zero-order chi connectivity index (χ0) is 15.0. The molecule has 0 bridgehead atoms. The molecule has 21 heavy (non-hydrogen) atoms. The number of nitrogen functional groups attached to an aromatic ring is 1. The van der Waals surface area contributed by atoms with E-state index in [1.54, 1.807) is 35.9 Å². The molecule has 0 aliphatic carbocycles. The minimum atomic E-state index is -0.598. The van der Waals surface area contributed by atoms with Crippen molar-refractivity contribution in [2.75, 3.05) is 12.8 Å². The Morgan fingerprint density at radius 3 is 2.86 bits per heavy atom. The van der Waals surface area contributed by atoms with Crippen molar-refractivity contribution in [3.05, 3.63) is 47.8 Å². The highest BCUT2D eigenvalue weighted by Crippen LogP contribution is 2.28. The fourth-order valence-electron chi connectivity index (χ4n) is 2.26. The second-order valence-corrected chi connectivity index (χ2v) is 4.41. The fourth-order valence-corrected chi connectivity index (χ4v) is 2.26. The third-order valence-corrected chi connectivity index (χ3v) is 3.23. The molecule has 0 amide bonds. The highest BCUT2D eigenvalue weighted by atomic mass is 19.1. The highest BCUT2D eigenvalue weighted by Gasteiger charge is 2.16. The summed E-state index contributed by atoms with van der Waals surface area (Å²) in [6.07, 6.45) is 0. The number of methoxy groups -OCH3 is 1.